The van der Waals surface area contributed by atoms with Gasteiger partial charge in [-0.05, 0) is 56.9 Å². The Labute approximate surface area is 240 Å². The van der Waals surface area contributed by atoms with Crippen LogP contribution in [0.4, 0.5) is 4.79 Å². The molecule has 12 nitrogen and oxygen atoms in total. The Morgan fingerprint density at radius 1 is 1.15 bits per heavy atom. The molecular weight excluding hydrogens is 550 g/mol. The molecule has 4 atom stereocenters. The second kappa shape index (κ2) is 13.0. The fraction of sp³-hybridized carbons (Fsp3) is 0.571. The molecule has 2 aliphatic heterocycles. The highest BCUT2D eigenvalue weighted by Gasteiger charge is 2.61. The number of nitrogens with zero attached hydrogens (tertiary/aromatic N) is 2. The molecule has 0 radical (unpaired) electrons. The monoisotopic (exact) mass is 589 g/mol. The number of rotatable bonds is 7. The number of likely N-dealkylation sites (N-methyl/N-ethyl adjacent to an activating group) is 1. The maximum absolute atomic E-state index is 13.5. The van der Waals surface area contributed by atoms with Crippen LogP contribution in [0.2, 0.25) is 0 Å². The predicted octanol–water partition coefficient (Wildman–Crippen LogP) is 1.37. The summed E-state index contributed by atoms with van der Waals surface area (Å²) in [6.45, 7) is 0.446. The van der Waals surface area contributed by atoms with E-state index in [1.165, 1.54) is 11.9 Å². The second-order valence-corrected chi connectivity index (χ2v) is 12.7. The Hall–Kier alpha value is -3.45. The minimum atomic E-state index is -4.19. The number of benzene rings is 1. The van der Waals surface area contributed by atoms with E-state index in [2.05, 4.69) is 10.0 Å². The van der Waals surface area contributed by atoms with Gasteiger partial charge in [0.05, 0.1) is 0 Å². The van der Waals surface area contributed by atoms with Crippen molar-refractivity contribution in [2.24, 2.45) is 11.7 Å². The van der Waals surface area contributed by atoms with Crippen molar-refractivity contribution in [1.82, 2.24) is 19.2 Å². The summed E-state index contributed by atoms with van der Waals surface area (Å²) in [6, 6.07) is 8.52. The van der Waals surface area contributed by atoms with Gasteiger partial charge in [-0.15, -0.1) is 0 Å². The average molecular weight is 590 g/mol. The van der Waals surface area contributed by atoms with Gasteiger partial charge in [0.1, 0.15) is 11.6 Å². The largest absolute Gasteiger partial charge is 0.436 e. The smallest absolute Gasteiger partial charge is 0.405 e. The molecule has 4 N–H and O–H groups in total. The van der Waals surface area contributed by atoms with Gasteiger partial charge in [-0.3, -0.25) is 14.4 Å². The highest BCUT2D eigenvalue weighted by Crippen LogP contribution is 2.45. The number of ether oxygens (including phenoxy) is 1. The van der Waals surface area contributed by atoms with E-state index < -0.39 is 57.6 Å². The second-order valence-electron chi connectivity index (χ2n) is 10.9. The molecule has 13 heteroatoms. The molecule has 4 rings (SSSR count). The number of nitrogens with two attached hydrogens (primary N) is 1. The van der Waals surface area contributed by atoms with Crippen molar-refractivity contribution >= 4 is 34.0 Å². The quantitative estimate of drug-likeness (QED) is 0.404. The lowest BCUT2D eigenvalue weighted by atomic mass is 10.1. The lowest BCUT2D eigenvalue weighted by molar-refractivity contribution is -0.146. The van der Waals surface area contributed by atoms with Gasteiger partial charge >= 0.3 is 16.3 Å². The first kappa shape index (κ1) is 30.5. The summed E-state index contributed by atoms with van der Waals surface area (Å²) < 4.78 is 34.5. The molecule has 1 saturated carbocycles. The van der Waals surface area contributed by atoms with Gasteiger partial charge in [-0.2, -0.15) is 12.7 Å². The van der Waals surface area contributed by atoms with E-state index in [1.807, 2.05) is 42.5 Å². The van der Waals surface area contributed by atoms with Crippen LogP contribution in [0.15, 0.2) is 42.5 Å². The van der Waals surface area contributed by atoms with Crippen molar-refractivity contribution in [3.8, 4) is 0 Å². The molecule has 4 unspecified atom stereocenters. The summed E-state index contributed by atoms with van der Waals surface area (Å²) in [5.74, 6) is -2.26. The van der Waals surface area contributed by atoms with E-state index in [1.54, 1.807) is 0 Å². The van der Waals surface area contributed by atoms with E-state index in [0.29, 0.717) is 45.1 Å². The van der Waals surface area contributed by atoms with Crippen LogP contribution in [0, 0.1) is 5.92 Å². The first-order chi connectivity index (χ1) is 19.5. The molecule has 4 amide bonds. The van der Waals surface area contributed by atoms with Gasteiger partial charge in [-0.1, -0.05) is 48.9 Å². The molecule has 1 aromatic carbocycles. The van der Waals surface area contributed by atoms with Gasteiger partial charge in [0, 0.05) is 26.1 Å². The summed E-state index contributed by atoms with van der Waals surface area (Å²) in [5.41, 5.74) is 4.71. The lowest BCUT2D eigenvalue weighted by Gasteiger charge is -2.29. The maximum Gasteiger partial charge on any atom is 0.405 e. The van der Waals surface area contributed by atoms with Gasteiger partial charge in [0.2, 0.25) is 5.91 Å². The van der Waals surface area contributed by atoms with E-state index in [0.717, 1.165) is 22.7 Å². The van der Waals surface area contributed by atoms with Crippen molar-refractivity contribution < 1.29 is 32.3 Å². The first-order valence-electron chi connectivity index (χ1n) is 14.1. The SMILES string of the molecule is CN(CCc1ccccc1)S(=O)(=O)NC(=O)C12CC1C=CCCCCCC(OC(N)=O)C(=O)N1CCCC1C(=O)N2. The summed E-state index contributed by atoms with van der Waals surface area (Å²) in [7, 11) is -2.79. The molecule has 1 aromatic rings. The van der Waals surface area contributed by atoms with Crippen molar-refractivity contribution in [2.75, 3.05) is 20.1 Å². The molecule has 41 heavy (non-hydrogen) atoms. The number of carbonyl (C=O) groups is 4. The van der Waals surface area contributed by atoms with E-state index in [9.17, 15) is 27.6 Å². The third-order valence-corrected chi connectivity index (χ3v) is 9.48. The molecule has 224 valence electrons. The fourth-order valence-electron chi connectivity index (χ4n) is 5.51. The summed E-state index contributed by atoms with van der Waals surface area (Å²) in [5, 5.41) is 2.79. The summed E-state index contributed by atoms with van der Waals surface area (Å²) >= 11 is 0. The number of amides is 4. The molecule has 3 aliphatic rings. The number of fused-ring (bicyclic) bond motifs is 2. The lowest BCUT2D eigenvalue weighted by Crippen LogP contribution is -2.58. The van der Waals surface area contributed by atoms with Crippen LogP contribution in [0.25, 0.3) is 0 Å². The molecule has 0 aromatic heterocycles. The third kappa shape index (κ3) is 7.45. The summed E-state index contributed by atoms with van der Waals surface area (Å²) in [6.07, 6.45) is 6.44. The number of nitrogens with one attached hydrogen (secondary N) is 2. The molecule has 1 saturated heterocycles. The number of allylic oxidation sites excluding steroid dienone is 1. The molecule has 0 spiro atoms. The molecule has 0 bridgehead atoms. The number of primary amides is 1. The van der Waals surface area contributed by atoms with Gasteiger partial charge in [-0.25, -0.2) is 9.52 Å². The van der Waals surface area contributed by atoms with Gasteiger partial charge in [0.15, 0.2) is 6.10 Å². The van der Waals surface area contributed by atoms with Crippen LogP contribution in [0.3, 0.4) is 0 Å². The minimum Gasteiger partial charge on any atom is -0.436 e. The van der Waals surface area contributed by atoms with Crippen LogP contribution in [-0.4, -0.2) is 79.3 Å². The first-order valence-corrected chi connectivity index (χ1v) is 15.6. The zero-order valence-electron chi connectivity index (χ0n) is 23.3. The molecule has 2 fully saturated rings. The Morgan fingerprint density at radius 2 is 1.90 bits per heavy atom. The number of hydrogen-bond donors (Lipinski definition) is 3. The van der Waals surface area contributed by atoms with Crippen LogP contribution in [-0.2, 0) is 35.8 Å². The molecule has 1 aliphatic carbocycles. The zero-order valence-corrected chi connectivity index (χ0v) is 24.1. The molecule has 2 heterocycles. The Morgan fingerprint density at radius 3 is 2.63 bits per heavy atom. The fourth-order valence-corrected chi connectivity index (χ4v) is 6.42. The zero-order chi connectivity index (χ0) is 29.6. The Balaban J connectivity index is 1.50. The van der Waals surface area contributed by atoms with Crippen LogP contribution < -0.4 is 15.8 Å². The minimum absolute atomic E-state index is 0.156. The number of hydrogen-bond acceptors (Lipinski definition) is 7. The highest BCUT2D eigenvalue weighted by atomic mass is 32.2. The van der Waals surface area contributed by atoms with Gasteiger partial charge in [0.25, 0.3) is 11.8 Å². The standard InChI is InChI=1S/C28H39N5O7S/c1-32(18-16-20-11-6-5-7-12-20)41(38,39)31-26(36)28-19-21(28)13-8-3-2-4-9-15-23(40-27(29)37)25(35)33-17-10-14-22(33)24(34)30-28/h5-8,11-13,21-23H,2-4,9-10,14-19H2,1H3,(H2,29,37)(H,30,34)(H,31,36). The van der Waals surface area contributed by atoms with Crippen molar-refractivity contribution in [2.45, 2.75) is 75.5 Å². The van der Waals surface area contributed by atoms with E-state index in [4.69, 9.17) is 10.5 Å². The Bertz CT molecular complexity index is 1270. The van der Waals surface area contributed by atoms with Gasteiger partial charge < -0.3 is 20.7 Å². The average Bonchev–Trinajstić information content (AvgIpc) is 3.39. The van der Waals surface area contributed by atoms with Crippen LogP contribution in [0.1, 0.15) is 56.9 Å². The van der Waals surface area contributed by atoms with Crippen LogP contribution >= 0.6 is 0 Å². The highest BCUT2D eigenvalue weighted by molar-refractivity contribution is 7.87. The van der Waals surface area contributed by atoms with Crippen LogP contribution in [0.5, 0.6) is 0 Å². The van der Waals surface area contributed by atoms with Crippen molar-refractivity contribution in [1.29, 1.82) is 0 Å². The van der Waals surface area contributed by atoms with E-state index in [-0.39, 0.29) is 13.0 Å². The maximum atomic E-state index is 13.5. The predicted molar refractivity (Wildman–Crippen MR) is 150 cm³/mol. The Kier molecular flexibility index (Phi) is 9.69. The van der Waals surface area contributed by atoms with E-state index >= 15 is 0 Å². The third-order valence-electron chi connectivity index (χ3n) is 8.03. The van der Waals surface area contributed by atoms with Crippen molar-refractivity contribution in [3.63, 3.8) is 0 Å². The normalized spacial score (nSPS) is 27.2. The summed E-state index contributed by atoms with van der Waals surface area (Å²) in [4.78, 5) is 53.2. The molecular formula is C28H39N5O7S. The topological polar surface area (TPSA) is 168 Å². The van der Waals surface area contributed by atoms with Crippen molar-refractivity contribution in [3.05, 3.63) is 48.0 Å². The number of carbonyl (C=O) groups excluding carboxylic acids is 4.